The largest absolute Gasteiger partial charge is 0.382 e. The number of aromatic amines is 1. The van der Waals surface area contributed by atoms with Crippen LogP contribution < -0.4 is 11.1 Å². The van der Waals surface area contributed by atoms with Crippen molar-refractivity contribution >= 4 is 28.4 Å². The summed E-state index contributed by atoms with van der Waals surface area (Å²) in [5.41, 5.74) is 9.41. The molecule has 3 rings (SSSR count). The Bertz CT molecular complexity index is 1090. The summed E-state index contributed by atoms with van der Waals surface area (Å²) in [6, 6.07) is 7.71. The molecule has 3 aromatic rings. The summed E-state index contributed by atoms with van der Waals surface area (Å²) in [7, 11) is 0. The molecule has 6 heteroatoms. The van der Waals surface area contributed by atoms with Gasteiger partial charge < -0.3 is 11.1 Å². The highest BCUT2D eigenvalue weighted by atomic mass is 16.1. The molecule has 1 aromatic carbocycles. The molecule has 28 heavy (non-hydrogen) atoms. The normalized spacial score (nSPS) is 11.4. The fourth-order valence-electron chi connectivity index (χ4n) is 2.61. The maximum absolute atomic E-state index is 12.0. The van der Waals surface area contributed by atoms with E-state index >= 15 is 0 Å². The number of benzene rings is 1. The molecule has 0 saturated carbocycles. The molecule has 0 bridgehead atoms. The molecule has 0 fully saturated rings. The van der Waals surface area contributed by atoms with Gasteiger partial charge in [0.25, 0.3) is 0 Å². The highest BCUT2D eigenvalue weighted by Gasteiger charge is 2.13. The van der Waals surface area contributed by atoms with E-state index in [0.717, 1.165) is 27.6 Å². The number of hydrogen-bond acceptors (Lipinski definition) is 4. The van der Waals surface area contributed by atoms with Gasteiger partial charge in [-0.1, -0.05) is 25.7 Å². The van der Waals surface area contributed by atoms with Gasteiger partial charge in [-0.2, -0.15) is 5.10 Å². The molecular formula is C22H25N5O. The molecule has 0 unspecified atom stereocenters. The van der Waals surface area contributed by atoms with Gasteiger partial charge in [0.2, 0.25) is 5.91 Å². The molecule has 4 N–H and O–H groups in total. The summed E-state index contributed by atoms with van der Waals surface area (Å²) in [6.45, 7) is 9.88. The van der Waals surface area contributed by atoms with Gasteiger partial charge in [-0.05, 0) is 56.2 Å². The van der Waals surface area contributed by atoms with Crippen molar-refractivity contribution < 1.29 is 4.79 Å². The summed E-state index contributed by atoms with van der Waals surface area (Å²) in [5, 5.41) is 10.8. The number of carbonyl (C=O) groups excluding carboxylic acids is 1. The summed E-state index contributed by atoms with van der Waals surface area (Å²) in [4.78, 5) is 16.2. The number of carbonyl (C=O) groups is 1. The van der Waals surface area contributed by atoms with Crippen LogP contribution in [0.2, 0.25) is 0 Å². The number of amides is 1. The van der Waals surface area contributed by atoms with Crippen molar-refractivity contribution in [2.45, 2.75) is 34.6 Å². The Kier molecular flexibility index (Phi) is 5.10. The van der Waals surface area contributed by atoms with Crippen molar-refractivity contribution in [3.05, 3.63) is 36.0 Å². The van der Waals surface area contributed by atoms with E-state index in [-0.39, 0.29) is 17.2 Å². The standard InChI is InChI=1S/C22H25N5O/c1-13(2)21(28)25-18-12-14(7-9-24-18)16-10-15(6-8-22(3,4)5)19-17(11-16)20(23)27-26-19/h7,9-13H,1-5H3,(H3,23,26,27)(H,24,25,28). The zero-order valence-electron chi connectivity index (χ0n) is 16.8. The molecule has 0 aliphatic heterocycles. The van der Waals surface area contributed by atoms with Crippen molar-refractivity contribution in [3.63, 3.8) is 0 Å². The van der Waals surface area contributed by atoms with E-state index in [2.05, 4.69) is 53.1 Å². The Morgan fingerprint density at radius 2 is 1.96 bits per heavy atom. The molecule has 0 atom stereocenters. The number of rotatable bonds is 3. The topological polar surface area (TPSA) is 96.7 Å². The SMILES string of the molecule is CC(C)C(=O)Nc1cc(-c2cc(C#CC(C)(C)C)c3[nH]nc(N)c3c2)ccn1. The third kappa shape index (κ3) is 4.32. The van der Waals surface area contributed by atoms with Gasteiger partial charge in [0.05, 0.1) is 11.1 Å². The van der Waals surface area contributed by atoms with E-state index in [1.807, 2.05) is 38.1 Å². The lowest BCUT2D eigenvalue weighted by atomic mass is 9.96. The second kappa shape index (κ2) is 7.35. The first kappa shape index (κ1) is 19.4. The molecule has 144 valence electrons. The van der Waals surface area contributed by atoms with Crippen LogP contribution in [0.4, 0.5) is 11.6 Å². The van der Waals surface area contributed by atoms with Crippen LogP contribution in [-0.4, -0.2) is 21.1 Å². The van der Waals surface area contributed by atoms with Crippen LogP contribution in [0, 0.1) is 23.2 Å². The Morgan fingerprint density at radius 1 is 1.21 bits per heavy atom. The number of nitrogens with two attached hydrogens (primary N) is 1. The number of nitrogen functional groups attached to an aromatic ring is 1. The smallest absolute Gasteiger partial charge is 0.228 e. The second-order valence-electron chi connectivity index (χ2n) is 8.13. The van der Waals surface area contributed by atoms with Gasteiger partial charge >= 0.3 is 0 Å². The highest BCUT2D eigenvalue weighted by molar-refractivity contribution is 5.97. The van der Waals surface area contributed by atoms with Crippen LogP contribution >= 0.6 is 0 Å². The number of H-pyrrole nitrogens is 1. The Labute approximate surface area is 164 Å². The van der Waals surface area contributed by atoms with Crippen LogP contribution in [0.25, 0.3) is 22.0 Å². The monoisotopic (exact) mass is 375 g/mol. The first-order chi connectivity index (χ1) is 13.1. The summed E-state index contributed by atoms with van der Waals surface area (Å²) >= 11 is 0. The highest BCUT2D eigenvalue weighted by Crippen LogP contribution is 2.30. The predicted octanol–water partition coefficient (Wildman–Crippen LogP) is 4.20. The quantitative estimate of drug-likeness (QED) is 0.598. The first-order valence-corrected chi connectivity index (χ1v) is 9.22. The number of pyridine rings is 1. The summed E-state index contributed by atoms with van der Waals surface area (Å²) in [6.07, 6.45) is 1.68. The average molecular weight is 375 g/mol. The van der Waals surface area contributed by atoms with Crippen LogP contribution in [0.1, 0.15) is 40.2 Å². The van der Waals surface area contributed by atoms with Gasteiger partial charge in [-0.15, -0.1) is 0 Å². The van der Waals surface area contributed by atoms with Crippen molar-refractivity contribution in [2.75, 3.05) is 11.1 Å². The molecule has 2 heterocycles. The second-order valence-corrected chi connectivity index (χ2v) is 8.13. The predicted molar refractivity (Wildman–Crippen MR) is 114 cm³/mol. The minimum Gasteiger partial charge on any atom is -0.382 e. The Hall–Kier alpha value is -3.33. The Balaban J connectivity index is 2.09. The van der Waals surface area contributed by atoms with Crippen molar-refractivity contribution in [3.8, 4) is 23.0 Å². The lowest BCUT2D eigenvalue weighted by Gasteiger charge is -2.10. The minimum atomic E-state index is -0.126. The van der Waals surface area contributed by atoms with Gasteiger partial charge in [0, 0.05) is 22.9 Å². The molecule has 1 amide bonds. The average Bonchev–Trinajstić information content (AvgIpc) is 3.00. The lowest BCUT2D eigenvalue weighted by Crippen LogP contribution is -2.18. The van der Waals surface area contributed by atoms with Crippen LogP contribution in [-0.2, 0) is 4.79 Å². The van der Waals surface area contributed by atoms with Gasteiger partial charge in [-0.25, -0.2) is 4.98 Å². The minimum absolute atomic E-state index is 0.0732. The van der Waals surface area contributed by atoms with Crippen LogP contribution in [0.3, 0.4) is 0 Å². The molecule has 0 aliphatic carbocycles. The van der Waals surface area contributed by atoms with E-state index in [0.29, 0.717) is 11.6 Å². The van der Waals surface area contributed by atoms with Crippen molar-refractivity contribution in [2.24, 2.45) is 11.3 Å². The molecule has 0 spiro atoms. The molecular weight excluding hydrogens is 350 g/mol. The number of nitrogens with one attached hydrogen (secondary N) is 2. The van der Waals surface area contributed by atoms with E-state index < -0.39 is 0 Å². The zero-order chi connectivity index (χ0) is 20.5. The fraction of sp³-hybridized carbons (Fsp3) is 0.318. The maximum atomic E-state index is 12.0. The number of anilines is 2. The van der Waals surface area contributed by atoms with Crippen molar-refractivity contribution in [1.29, 1.82) is 0 Å². The fourth-order valence-corrected chi connectivity index (χ4v) is 2.61. The van der Waals surface area contributed by atoms with E-state index in [9.17, 15) is 4.79 Å². The van der Waals surface area contributed by atoms with Crippen LogP contribution in [0.15, 0.2) is 30.5 Å². The first-order valence-electron chi connectivity index (χ1n) is 9.22. The van der Waals surface area contributed by atoms with Gasteiger partial charge in [-0.3, -0.25) is 9.89 Å². The van der Waals surface area contributed by atoms with E-state index in [1.54, 1.807) is 6.20 Å². The van der Waals surface area contributed by atoms with Gasteiger partial charge in [0.1, 0.15) is 5.82 Å². The van der Waals surface area contributed by atoms with E-state index in [1.165, 1.54) is 0 Å². The number of nitrogens with zero attached hydrogens (tertiary/aromatic N) is 2. The number of fused-ring (bicyclic) bond motifs is 1. The summed E-state index contributed by atoms with van der Waals surface area (Å²) < 4.78 is 0. The molecule has 0 saturated heterocycles. The van der Waals surface area contributed by atoms with Crippen LogP contribution in [0.5, 0.6) is 0 Å². The van der Waals surface area contributed by atoms with Gasteiger partial charge in [0.15, 0.2) is 5.82 Å². The van der Waals surface area contributed by atoms with E-state index in [4.69, 9.17) is 5.73 Å². The Morgan fingerprint density at radius 3 is 2.64 bits per heavy atom. The lowest BCUT2D eigenvalue weighted by molar-refractivity contribution is -0.118. The maximum Gasteiger partial charge on any atom is 0.228 e. The number of aromatic nitrogens is 3. The molecule has 0 aliphatic rings. The molecule has 0 radical (unpaired) electrons. The zero-order valence-corrected chi connectivity index (χ0v) is 16.8. The molecule has 2 aromatic heterocycles. The third-order valence-corrected chi connectivity index (χ3v) is 4.14. The molecule has 6 nitrogen and oxygen atoms in total. The number of hydrogen-bond donors (Lipinski definition) is 3. The van der Waals surface area contributed by atoms with Crippen molar-refractivity contribution in [1.82, 2.24) is 15.2 Å². The summed E-state index contributed by atoms with van der Waals surface area (Å²) in [5.74, 6) is 7.26. The third-order valence-electron chi connectivity index (χ3n) is 4.14.